The van der Waals surface area contributed by atoms with Gasteiger partial charge in [0.25, 0.3) is 0 Å². The predicted molar refractivity (Wildman–Crippen MR) is 57.9 cm³/mol. The molecule has 0 saturated heterocycles. The lowest BCUT2D eigenvalue weighted by molar-refractivity contribution is -0.190. The monoisotopic (exact) mass is 248 g/mol. The van der Waals surface area contributed by atoms with Gasteiger partial charge >= 0.3 is 6.18 Å². The van der Waals surface area contributed by atoms with Crippen molar-refractivity contribution in [3.8, 4) is 5.88 Å². The molecular weight excluding hydrogens is 233 g/mol. The van der Waals surface area contributed by atoms with Crippen LogP contribution in [0.15, 0.2) is 18.3 Å². The lowest BCUT2D eigenvalue weighted by Gasteiger charge is -2.20. The zero-order chi connectivity index (χ0) is 13.1. The van der Waals surface area contributed by atoms with Crippen molar-refractivity contribution in [2.45, 2.75) is 32.2 Å². The van der Waals surface area contributed by atoms with Crippen LogP contribution in [0, 0.1) is 0 Å². The molecule has 0 radical (unpaired) electrons. The van der Waals surface area contributed by atoms with E-state index in [2.05, 4.69) is 10.3 Å². The van der Waals surface area contributed by atoms with Crippen LogP contribution < -0.4 is 10.1 Å². The zero-order valence-electron chi connectivity index (χ0n) is 9.88. The van der Waals surface area contributed by atoms with Crippen LogP contribution in [-0.2, 0) is 0 Å². The molecule has 0 spiro atoms. The first-order valence-corrected chi connectivity index (χ1v) is 5.21. The quantitative estimate of drug-likeness (QED) is 0.889. The average molecular weight is 248 g/mol. The number of hydrogen-bond acceptors (Lipinski definition) is 3. The Hall–Kier alpha value is -1.30. The summed E-state index contributed by atoms with van der Waals surface area (Å²) in [6, 6.07) is 3.22. The summed E-state index contributed by atoms with van der Waals surface area (Å²) in [7, 11) is 1.72. The topological polar surface area (TPSA) is 34.2 Å². The summed E-state index contributed by atoms with van der Waals surface area (Å²) in [6.45, 7) is 2.78. The highest BCUT2D eigenvalue weighted by atomic mass is 19.4. The summed E-state index contributed by atoms with van der Waals surface area (Å²) >= 11 is 0. The van der Waals surface area contributed by atoms with Gasteiger partial charge in [0.15, 0.2) is 6.10 Å². The SMILES string of the molecule is CNC(C)c1cccnc1OC(C)C(F)(F)F. The molecular formula is C11H15F3N2O. The molecule has 0 aliphatic rings. The Morgan fingerprint density at radius 1 is 1.35 bits per heavy atom. The Morgan fingerprint density at radius 3 is 2.53 bits per heavy atom. The first kappa shape index (κ1) is 13.8. The van der Waals surface area contributed by atoms with E-state index in [9.17, 15) is 13.2 Å². The van der Waals surface area contributed by atoms with Crippen LogP contribution in [0.1, 0.15) is 25.5 Å². The number of nitrogens with zero attached hydrogens (tertiary/aromatic N) is 1. The average Bonchev–Trinajstić information content (AvgIpc) is 2.27. The van der Waals surface area contributed by atoms with Crippen LogP contribution in [0.25, 0.3) is 0 Å². The Bertz CT molecular complexity index is 368. The van der Waals surface area contributed by atoms with Crippen LogP contribution in [0.5, 0.6) is 5.88 Å². The standard InChI is InChI=1S/C11H15F3N2O/c1-7(15-3)9-5-4-6-16-10(9)17-8(2)11(12,13)14/h4-8,15H,1-3H3. The van der Waals surface area contributed by atoms with Crippen molar-refractivity contribution in [1.29, 1.82) is 0 Å². The Balaban J connectivity index is 2.91. The number of ether oxygens (including phenoxy) is 1. The molecule has 0 aromatic carbocycles. The highest BCUT2D eigenvalue weighted by Crippen LogP contribution is 2.28. The van der Waals surface area contributed by atoms with Crippen molar-refractivity contribution in [3.63, 3.8) is 0 Å². The first-order chi connectivity index (χ1) is 7.86. The fourth-order valence-electron chi connectivity index (χ4n) is 1.22. The molecule has 2 unspecified atom stereocenters. The van der Waals surface area contributed by atoms with Crippen molar-refractivity contribution in [1.82, 2.24) is 10.3 Å². The second-order valence-corrected chi connectivity index (χ2v) is 3.71. The van der Waals surface area contributed by atoms with Gasteiger partial charge in [0.2, 0.25) is 5.88 Å². The van der Waals surface area contributed by atoms with E-state index in [0.717, 1.165) is 6.92 Å². The van der Waals surface area contributed by atoms with E-state index in [1.807, 2.05) is 6.92 Å². The number of nitrogens with one attached hydrogen (secondary N) is 1. The summed E-state index contributed by atoms with van der Waals surface area (Å²) < 4.78 is 42.0. The summed E-state index contributed by atoms with van der Waals surface area (Å²) in [6.07, 6.45) is -4.86. The van der Waals surface area contributed by atoms with Gasteiger partial charge in [-0.2, -0.15) is 13.2 Å². The molecule has 1 aromatic rings. The number of rotatable bonds is 4. The second-order valence-electron chi connectivity index (χ2n) is 3.71. The maximum absolute atomic E-state index is 12.4. The minimum absolute atomic E-state index is 0.0131. The minimum atomic E-state index is -4.39. The van der Waals surface area contributed by atoms with Crippen molar-refractivity contribution in [3.05, 3.63) is 23.9 Å². The molecule has 1 aromatic heterocycles. The molecule has 6 heteroatoms. The maximum Gasteiger partial charge on any atom is 0.425 e. The zero-order valence-corrected chi connectivity index (χ0v) is 9.88. The fraction of sp³-hybridized carbons (Fsp3) is 0.545. The molecule has 2 atom stereocenters. The molecule has 0 fully saturated rings. The summed E-state index contributed by atoms with van der Waals surface area (Å²) in [4.78, 5) is 3.84. The number of aromatic nitrogens is 1. The lowest BCUT2D eigenvalue weighted by atomic mass is 10.1. The molecule has 1 N–H and O–H groups in total. The van der Waals surface area contributed by atoms with Crippen molar-refractivity contribution in [2.24, 2.45) is 0 Å². The summed E-state index contributed by atoms with van der Waals surface area (Å²) in [5, 5.41) is 2.93. The van der Waals surface area contributed by atoms with Gasteiger partial charge in [-0.25, -0.2) is 4.98 Å². The molecule has 0 bridgehead atoms. The van der Waals surface area contributed by atoms with Crippen molar-refractivity contribution >= 4 is 0 Å². The van der Waals surface area contributed by atoms with E-state index >= 15 is 0 Å². The van der Waals surface area contributed by atoms with Gasteiger partial charge in [-0.05, 0) is 27.0 Å². The van der Waals surface area contributed by atoms with Gasteiger partial charge in [0.1, 0.15) is 0 Å². The van der Waals surface area contributed by atoms with E-state index in [-0.39, 0.29) is 11.9 Å². The molecule has 0 saturated carbocycles. The van der Waals surface area contributed by atoms with Gasteiger partial charge in [-0.3, -0.25) is 0 Å². The normalized spacial score (nSPS) is 15.4. The van der Waals surface area contributed by atoms with Crippen LogP contribution in [0.2, 0.25) is 0 Å². The molecule has 17 heavy (non-hydrogen) atoms. The van der Waals surface area contributed by atoms with E-state index in [1.165, 1.54) is 6.20 Å². The van der Waals surface area contributed by atoms with Crippen LogP contribution >= 0.6 is 0 Å². The summed E-state index contributed by atoms with van der Waals surface area (Å²) in [5.41, 5.74) is 0.603. The van der Waals surface area contributed by atoms with Gasteiger partial charge < -0.3 is 10.1 Å². The Morgan fingerprint density at radius 2 is 2.00 bits per heavy atom. The predicted octanol–water partition coefficient (Wildman–Crippen LogP) is 2.69. The van der Waals surface area contributed by atoms with E-state index in [0.29, 0.717) is 5.56 Å². The molecule has 0 amide bonds. The molecule has 0 aliphatic carbocycles. The molecule has 96 valence electrons. The third-order valence-electron chi connectivity index (χ3n) is 2.45. The highest BCUT2D eigenvalue weighted by Gasteiger charge is 2.38. The lowest BCUT2D eigenvalue weighted by Crippen LogP contribution is -2.32. The highest BCUT2D eigenvalue weighted by molar-refractivity contribution is 5.28. The number of pyridine rings is 1. The molecule has 1 rings (SSSR count). The third kappa shape index (κ3) is 3.59. The second kappa shape index (κ2) is 5.35. The first-order valence-electron chi connectivity index (χ1n) is 5.21. The smallest absolute Gasteiger partial charge is 0.425 e. The molecule has 3 nitrogen and oxygen atoms in total. The Kier molecular flexibility index (Phi) is 4.34. The van der Waals surface area contributed by atoms with Crippen molar-refractivity contribution in [2.75, 3.05) is 7.05 Å². The van der Waals surface area contributed by atoms with Crippen molar-refractivity contribution < 1.29 is 17.9 Å². The van der Waals surface area contributed by atoms with Gasteiger partial charge in [0, 0.05) is 17.8 Å². The number of alkyl halides is 3. The minimum Gasteiger partial charge on any atom is -0.465 e. The van der Waals surface area contributed by atoms with E-state index in [4.69, 9.17) is 4.74 Å². The van der Waals surface area contributed by atoms with Gasteiger partial charge in [0.05, 0.1) is 0 Å². The third-order valence-corrected chi connectivity index (χ3v) is 2.45. The number of halogens is 3. The molecule has 0 aliphatic heterocycles. The van der Waals surface area contributed by atoms with Crippen LogP contribution in [0.4, 0.5) is 13.2 Å². The maximum atomic E-state index is 12.4. The van der Waals surface area contributed by atoms with Gasteiger partial charge in [-0.1, -0.05) is 6.07 Å². The summed E-state index contributed by atoms with van der Waals surface area (Å²) in [5.74, 6) is 0.0131. The Labute approximate surface area is 98.0 Å². The van der Waals surface area contributed by atoms with Crippen LogP contribution in [0.3, 0.4) is 0 Å². The molecule has 1 heterocycles. The van der Waals surface area contributed by atoms with Gasteiger partial charge in [-0.15, -0.1) is 0 Å². The fourth-order valence-corrected chi connectivity index (χ4v) is 1.22. The van der Waals surface area contributed by atoms with E-state index in [1.54, 1.807) is 19.2 Å². The number of hydrogen-bond donors (Lipinski definition) is 1. The van der Waals surface area contributed by atoms with E-state index < -0.39 is 12.3 Å². The largest absolute Gasteiger partial charge is 0.465 e. The van der Waals surface area contributed by atoms with Crippen LogP contribution in [-0.4, -0.2) is 24.3 Å².